The maximum atomic E-state index is 12.6. The number of hydrogen-bond acceptors (Lipinski definition) is 7. The molecule has 1 saturated heterocycles. The number of thioether (sulfide) groups is 1. The standard InChI is InChI=1S/C22H20ClN3O6S/c1-2-32-21(30)13-3-7-15(8-4-13)25-19(28)12-26-20(29)17(33-22(26)31)11-18(27)24-16-9-5-14(23)6-10-16/h3-10,17H,2,11-12H2,1H3,(H,24,27)(H,25,28). The molecule has 0 aromatic heterocycles. The first-order valence-corrected chi connectivity index (χ1v) is 11.2. The van der Waals surface area contributed by atoms with E-state index in [2.05, 4.69) is 10.6 Å². The second-order valence-electron chi connectivity index (χ2n) is 6.90. The highest BCUT2D eigenvalue weighted by Gasteiger charge is 2.41. The number of anilines is 2. The van der Waals surface area contributed by atoms with Crippen molar-refractivity contribution in [2.24, 2.45) is 0 Å². The van der Waals surface area contributed by atoms with Gasteiger partial charge in [0, 0.05) is 22.8 Å². The number of rotatable bonds is 8. The van der Waals surface area contributed by atoms with Crippen molar-refractivity contribution in [3.63, 3.8) is 0 Å². The normalized spacial score (nSPS) is 15.3. The van der Waals surface area contributed by atoms with Gasteiger partial charge in [-0.2, -0.15) is 0 Å². The molecule has 3 rings (SSSR count). The van der Waals surface area contributed by atoms with Gasteiger partial charge in [0.05, 0.1) is 12.2 Å². The van der Waals surface area contributed by atoms with Crippen LogP contribution in [0.2, 0.25) is 5.02 Å². The minimum Gasteiger partial charge on any atom is -0.462 e. The smallest absolute Gasteiger partial charge is 0.338 e. The molecule has 1 fully saturated rings. The number of carbonyl (C=O) groups is 5. The van der Waals surface area contributed by atoms with E-state index in [1.165, 1.54) is 24.3 Å². The van der Waals surface area contributed by atoms with Crippen molar-refractivity contribution in [3.8, 4) is 0 Å². The van der Waals surface area contributed by atoms with Crippen molar-refractivity contribution >= 4 is 63.7 Å². The van der Waals surface area contributed by atoms with E-state index in [0.717, 1.165) is 4.90 Å². The van der Waals surface area contributed by atoms with Crippen LogP contribution in [0.25, 0.3) is 0 Å². The third kappa shape index (κ3) is 6.56. The Morgan fingerprint density at radius 3 is 2.15 bits per heavy atom. The van der Waals surface area contributed by atoms with E-state index in [4.69, 9.17) is 16.3 Å². The lowest BCUT2D eigenvalue weighted by Gasteiger charge is -2.14. The van der Waals surface area contributed by atoms with Crippen molar-refractivity contribution in [3.05, 3.63) is 59.1 Å². The predicted molar refractivity (Wildman–Crippen MR) is 124 cm³/mol. The highest BCUT2D eigenvalue weighted by molar-refractivity contribution is 8.15. The van der Waals surface area contributed by atoms with Crippen LogP contribution < -0.4 is 10.6 Å². The Hall–Kier alpha value is -3.37. The summed E-state index contributed by atoms with van der Waals surface area (Å²) >= 11 is 6.51. The summed E-state index contributed by atoms with van der Waals surface area (Å²) in [5.74, 6) is -2.12. The molecule has 33 heavy (non-hydrogen) atoms. The van der Waals surface area contributed by atoms with Gasteiger partial charge in [-0.3, -0.25) is 24.1 Å². The molecular formula is C22H20ClN3O6S. The van der Waals surface area contributed by atoms with Gasteiger partial charge >= 0.3 is 5.97 Å². The van der Waals surface area contributed by atoms with Crippen LogP contribution >= 0.6 is 23.4 Å². The number of nitrogens with one attached hydrogen (secondary N) is 2. The summed E-state index contributed by atoms with van der Waals surface area (Å²) in [6.07, 6.45) is -0.217. The molecule has 2 aromatic carbocycles. The summed E-state index contributed by atoms with van der Waals surface area (Å²) in [5, 5.41) is 4.20. The molecule has 1 unspecified atom stereocenters. The predicted octanol–water partition coefficient (Wildman–Crippen LogP) is 3.55. The molecule has 0 radical (unpaired) electrons. The zero-order valence-electron chi connectivity index (χ0n) is 17.5. The van der Waals surface area contributed by atoms with Crippen LogP contribution in [0.1, 0.15) is 23.7 Å². The van der Waals surface area contributed by atoms with Crippen molar-refractivity contribution in [1.82, 2.24) is 4.90 Å². The minimum atomic E-state index is -0.915. The molecule has 1 aliphatic heterocycles. The monoisotopic (exact) mass is 489 g/mol. The van der Waals surface area contributed by atoms with E-state index in [-0.39, 0.29) is 13.0 Å². The molecule has 0 bridgehead atoms. The Morgan fingerprint density at radius 2 is 1.55 bits per heavy atom. The maximum Gasteiger partial charge on any atom is 0.338 e. The number of halogens is 1. The number of ether oxygens (including phenoxy) is 1. The fourth-order valence-electron chi connectivity index (χ4n) is 2.93. The fourth-order valence-corrected chi connectivity index (χ4v) is 4.05. The first-order valence-electron chi connectivity index (χ1n) is 9.91. The highest BCUT2D eigenvalue weighted by atomic mass is 35.5. The number of esters is 1. The van der Waals surface area contributed by atoms with E-state index in [0.29, 0.717) is 33.7 Å². The summed E-state index contributed by atoms with van der Waals surface area (Å²) in [4.78, 5) is 61.9. The van der Waals surface area contributed by atoms with Crippen LogP contribution in [0.5, 0.6) is 0 Å². The van der Waals surface area contributed by atoms with Gasteiger partial charge in [-0.1, -0.05) is 23.4 Å². The van der Waals surface area contributed by atoms with Crippen LogP contribution in [0.15, 0.2) is 48.5 Å². The zero-order valence-corrected chi connectivity index (χ0v) is 19.1. The quantitative estimate of drug-likeness (QED) is 0.544. The highest BCUT2D eigenvalue weighted by Crippen LogP contribution is 2.29. The van der Waals surface area contributed by atoms with Gasteiger partial charge in [0.25, 0.3) is 5.24 Å². The fraction of sp³-hybridized carbons (Fsp3) is 0.227. The van der Waals surface area contributed by atoms with Crippen LogP contribution in [0, 0.1) is 0 Å². The van der Waals surface area contributed by atoms with E-state index >= 15 is 0 Å². The number of benzene rings is 2. The maximum absolute atomic E-state index is 12.6. The van der Waals surface area contributed by atoms with Gasteiger partial charge in [-0.25, -0.2) is 4.79 Å². The number of amides is 4. The van der Waals surface area contributed by atoms with Gasteiger partial charge in [-0.15, -0.1) is 0 Å². The lowest BCUT2D eigenvalue weighted by molar-refractivity contribution is -0.131. The van der Waals surface area contributed by atoms with E-state index < -0.39 is 40.7 Å². The zero-order chi connectivity index (χ0) is 24.0. The van der Waals surface area contributed by atoms with Gasteiger partial charge in [0.1, 0.15) is 11.8 Å². The molecule has 1 aliphatic rings. The van der Waals surface area contributed by atoms with E-state index in [9.17, 15) is 24.0 Å². The number of hydrogen-bond donors (Lipinski definition) is 2. The lowest BCUT2D eigenvalue weighted by atomic mass is 10.2. The second kappa shape index (κ2) is 11.0. The molecule has 172 valence electrons. The summed E-state index contributed by atoms with van der Waals surface area (Å²) in [5.41, 5.74) is 1.23. The van der Waals surface area contributed by atoms with E-state index in [1.807, 2.05) is 0 Å². The van der Waals surface area contributed by atoms with Crippen LogP contribution in [0.4, 0.5) is 16.2 Å². The van der Waals surface area contributed by atoms with Crippen molar-refractivity contribution in [2.45, 2.75) is 18.6 Å². The molecule has 0 spiro atoms. The van der Waals surface area contributed by atoms with Gasteiger partial charge in [-0.05, 0) is 55.5 Å². The lowest BCUT2D eigenvalue weighted by Crippen LogP contribution is -2.38. The molecular weight excluding hydrogens is 470 g/mol. The molecule has 1 atom stereocenters. The number of carbonyl (C=O) groups excluding carboxylic acids is 5. The summed E-state index contributed by atoms with van der Waals surface area (Å²) in [7, 11) is 0. The Balaban J connectivity index is 1.52. The molecule has 0 saturated carbocycles. The first kappa shape index (κ1) is 24.3. The van der Waals surface area contributed by atoms with Gasteiger partial charge < -0.3 is 15.4 Å². The summed E-state index contributed by atoms with van der Waals surface area (Å²) < 4.78 is 4.89. The molecule has 2 N–H and O–H groups in total. The number of nitrogens with zero attached hydrogens (tertiary/aromatic N) is 1. The van der Waals surface area contributed by atoms with Crippen molar-refractivity contribution < 1.29 is 28.7 Å². The molecule has 4 amide bonds. The topological polar surface area (TPSA) is 122 Å². The molecule has 0 aliphatic carbocycles. The largest absolute Gasteiger partial charge is 0.462 e. The summed E-state index contributed by atoms with van der Waals surface area (Å²) in [6.45, 7) is 1.46. The van der Waals surface area contributed by atoms with Crippen LogP contribution in [-0.4, -0.2) is 52.2 Å². The van der Waals surface area contributed by atoms with Gasteiger partial charge in [0.15, 0.2) is 0 Å². The first-order chi connectivity index (χ1) is 15.8. The summed E-state index contributed by atoms with van der Waals surface area (Å²) in [6, 6.07) is 12.5. The molecule has 1 heterocycles. The third-order valence-electron chi connectivity index (χ3n) is 4.49. The van der Waals surface area contributed by atoms with Gasteiger partial charge in [0.2, 0.25) is 17.7 Å². The SMILES string of the molecule is CCOC(=O)c1ccc(NC(=O)CN2C(=O)SC(CC(=O)Nc3ccc(Cl)cc3)C2=O)cc1. The van der Waals surface area contributed by atoms with Crippen molar-refractivity contribution in [1.29, 1.82) is 0 Å². The second-order valence-corrected chi connectivity index (χ2v) is 8.49. The Morgan fingerprint density at radius 1 is 0.970 bits per heavy atom. The molecule has 2 aromatic rings. The number of imide groups is 1. The van der Waals surface area contributed by atoms with E-state index in [1.54, 1.807) is 31.2 Å². The van der Waals surface area contributed by atoms with Crippen molar-refractivity contribution in [2.75, 3.05) is 23.8 Å². The molecule has 11 heteroatoms. The third-order valence-corrected chi connectivity index (χ3v) is 5.81. The minimum absolute atomic E-state index is 0.217. The average molecular weight is 490 g/mol. The Kier molecular flexibility index (Phi) is 8.07. The average Bonchev–Trinajstić information content (AvgIpc) is 3.03. The Bertz CT molecular complexity index is 1070. The molecule has 9 nitrogen and oxygen atoms in total. The van der Waals surface area contributed by atoms with Crippen LogP contribution in [0.3, 0.4) is 0 Å². The Labute approximate surface area is 198 Å². The van der Waals surface area contributed by atoms with Crippen LogP contribution in [-0.2, 0) is 19.1 Å².